The average molecular weight is 318 g/mol. The number of H-pyrrole nitrogens is 1. The van der Waals surface area contributed by atoms with Gasteiger partial charge in [0.2, 0.25) is 0 Å². The van der Waals surface area contributed by atoms with Gasteiger partial charge in [0.1, 0.15) is 11.4 Å². The zero-order chi connectivity index (χ0) is 16.9. The molecule has 0 saturated heterocycles. The van der Waals surface area contributed by atoms with Gasteiger partial charge in [-0.05, 0) is 45.0 Å². The molecule has 2 aromatic rings. The highest BCUT2D eigenvalue weighted by Crippen LogP contribution is 2.28. The molecule has 0 unspecified atom stereocenters. The van der Waals surface area contributed by atoms with Gasteiger partial charge < -0.3 is 14.8 Å². The summed E-state index contributed by atoms with van der Waals surface area (Å²) in [5.74, 6) is 0.558. The number of carbonyl (C=O) groups is 1. The number of amides is 1. The van der Waals surface area contributed by atoms with E-state index in [1.807, 2.05) is 32.9 Å². The monoisotopic (exact) mass is 318 g/mol. The van der Waals surface area contributed by atoms with Crippen LogP contribution in [0.25, 0.3) is 0 Å². The number of ether oxygens (including phenoxy) is 2. The maximum Gasteiger partial charge on any atom is 0.412 e. The summed E-state index contributed by atoms with van der Waals surface area (Å²) in [4.78, 5) is 11.9. The van der Waals surface area contributed by atoms with E-state index in [0.29, 0.717) is 18.0 Å². The Balaban J connectivity index is 2.07. The molecular weight excluding hydrogens is 296 g/mol. The maximum atomic E-state index is 11.9. The molecule has 124 valence electrons. The van der Waals surface area contributed by atoms with Gasteiger partial charge in [-0.15, -0.1) is 0 Å². The molecule has 0 aliphatic rings. The molecule has 0 aliphatic heterocycles. The van der Waals surface area contributed by atoms with Crippen LogP contribution in [0.2, 0.25) is 0 Å². The first-order valence-electron chi connectivity index (χ1n) is 7.27. The van der Waals surface area contributed by atoms with Gasteiger partial charge in [0, 0.05) is 11.9 Å². The molecule has 0 radical (unpaired) electrons. The number of rotatable bonds is 5. The molecule has 1 amide bonds. The van der Waals surface area contributed by atoms with E-state index in [1.165, 1.54) is 0 Å². The van der Waals surface area contributed by atoms with Crippen molar-refractivity contribution in [2.45, 2.75) is 32.9 Å². The predicted octanol–water partition coefficient (Wildman–Crippen LogP) is 3.38. The first-order chi connectivity index (χ1) is 10.9. The third-order valence-electron chi connectivity index (χ3n) is 2.88. The molecule has 0 atom stereocenters. The Hall–Kier alpha value is -2.70. The fourth-order valence-corrected chi connectivity index (χ4v) is 1.91. The molecule has 7 heteroatoms. The number of nitrogens with zero attached hydrogens (tertiary/aromatic N) is 1. The molecular formula is C16H22N4O3. The van der Waals surface area contributed by atoms with Crippen LogP contribution in [-0.2, 0) is 11.3 Å². The van der Waals surface area contributed by atoms with Crippen molar-refractivity contribution in [3.8, 4) is 5.75 Å². The summed E-state index contributed by atoms with van der Waals surface area (Å²) in [5.41, 5.74) is 1.78. The van der Waals surface area contributed by atoms with Crippen molar-refractivity contribution in [3.63, 3.8) is 0 Å². The van der Waals surface area contributed by atoms with Crippen LogP contribution in [0.5, 0.6) is 5.75 Å². The summed E-state index contributed by atoms with van der Waals surface area (Å²) in [6.07, 6.45) is 1.17. The number of nitrogens with one attached hydrogen (secondary N) is 3. The Morgan fingerprint density at radius 3 is 2.70 bits per heavy atom. The van der Waals surface area contributed by atoms with Crippen molar-refractivity contribution >= 4 is 17.5 Å². The van der Waals surface area contributed by atoms with Crippen LogP contribution in [0, 0.1) is 0 Å². The first-order valence-corrected chi connectivity index (χ1v) is 7.27. The van der Waals surface area contributed by atoms with E-state index >= 15 is 0 Å². The van der Waals surface area contributed by atoms with Crippen LogP contribution in [0.4, 0.5) is 16.2 Å². The first kappa shape index (κ1) is 16.7. The molecule has 0 fully saturated rings. The molecule has 0 bridgehead atoms. The predicted molar refractivity (Wildman–Crippen MR) is 88.8 cm³/mol. The van der Waals surface area contributed by atoms with Crippen LogP contribution < -0.4 is 15.4 Å². The summed E-state index contributed by atoms with van der Waals surface area (Å²) in [6, 6.07) is 7.33. The molecule has 23 heavy (non-hydrogen) atoms. The highest BCUT2D eigenvalue weighted by Gasteiger charge is 2.17. The molecule has 7 nitrogen and oxygen atoms in total. The Kier molecular flexibility index (Phi) is 5.10. The fraction of sp³-hybridized carbons (Fsp3) is 0.375. The van der Waals surface area contributed by atoms with Crippen LogP contribution in [0.3, 0.4) is 0 Å². The average Bonchev–Trinajstić information content (AvgIpc) is 2.96. The highest BCUT2D eigenvalue weighted by molar-refractivity contribution is 5.88. The van der Waals surface area contributed by atoms with Crippen molar-refractivity contribution < 1.29 is 14.3 Å². The van der Waals surface area contributed by atoms with Crippen molar-refractivity contribution in [2.24, 2.45) is 0 Å². The smallest absolute Gasteiger partial charge is 0.412 e. The SMILES string of the molecule is COc1ccc(NCc2ccn[nH]2)cc1NC(=O)OC(C)(C)C. The largest absolute Gasteiger partial charge is 0.495 e. The topological polar surface area (TPSA) is 88.3 Å². The zero-order valence-corrected chi connectivity index (χ0v) is 13.8. The zero-order valence-electron chi connectivity index (χ0n) is 13.8. The quantitative estimate of drug-likeness (QED) is 0.786. The summed E-state index contributed by atoms with van der Waals surface area (Å²) in [5, 5.41) is 12.7. The normalized spacial score (nSPS) is 11.0. The highest BCUT2D eigenvalue weighted by atomic mass is 16.6. The van der Waals surface area contributed by atoms with Crippen molar-refractivity contribution in [1.82, 2.24) is 10.2 Å². The van der Waals surface area contributed by atoms with Crippen LogP contribution in [0.1, 0.15) is 26.5 Å². The van der Waals surface area contributed by atoms with E-state index in [0.717, 1.165) is 11.4 Å². The molecule has 1 aromatic carbocycles. The Bertz CT molecular complexity index is 648. The lowest BCUT2D eigenvalue weighted by atomic mass is 10.2. The lowest BCUT2D eigenvalue weighted by molar-refractivity contribution is 0.0635. The van der Waals surface area contributed by atoms with E-state index < -0.39 is 11.7 Å². The van der Waals surface area contributed by atoms with Gasteiger partial charge >= 0.3 is 6.09 Å². The second-order valence-electron chi connectivity index (χ2n) is 5.98. The van der Waals surface area contributed by atoms with Crippen molar-refractivity contribution in [3.05, 3.63) is 36.2 Å². The summed E-state index contributed by atoms with van der Waals surface area (Å²) < 4.78 is 10.5. The van der Waals surface area contributed by atoms with Gasteiger partial charge in [0.25, 0.3) is 0 Å². The number of hydrogen-bond donors (Lipinski definition) is 3. The molecule has 1 aromatic heterocycles. The third kappa shape index (κ3) is 5.21. The van der Waals surface area contributed by atoms with Gasteiger partial charge in [0.15, 0.2) is 0 Å². The second-order valence-corrected chi connectivity index (χ2v) is 5.98. The number of aromatic nitrogens is 2. The lowest BCUT2D eigenvalue weighted by Gasteiger charge is -2.20. The van der Waals surface area contributed by atoms with E-state index in [2.05, 4.69) is 20.8 Å². The molecule has 0 saturated carbocycles. The molecule has 0 aliphatic carbocycles. The van der Waals surface area contributed by atoms with E-state index in [-0.39, 0.29) is 0 Å². The summed E-state index contributed by atoms with van der Waals surface area (Å²) in [7, 11) is 1.55. The van der Waals surface area contributed by atoms with Crippen LogP contribution >= 0.6 is 0 Å². The summed E-state index contributed by atoms with van der Waals surface area (Å²) >= 11 is 0. The van der Waals surface area contributed by atoms with E-state index in [9.17, 15) is 4.79 Å². The number of aromatic amines is 1. The second kappa shape index (κ2) is 7.04. The van der Waals surface area contributed by atoms with Crippen LogP contribution in [-0.4, -0.2) is 29.0 Å². The molecule has 1 heterocycles. The molecule has 3 N–H and O–H groups in total. The minimum Gasteiger partial charge on any atom is -0.495 e. The number of anilines is 2. The summed E-state index contributed by atoms with van der Waals surface area (Å²) in [6.45, 7) is 6.03. The number of carbonyl (C=O) groups excluding carboxylic acids is 1. The fourth-order valence-electron chi connectivity index (χ4n) is 1.91. The maximum absolute atomic E-state index is 11.9. The van der Waals surface area contributed by atoms with E-state index in [4.69, 9.17) is 9.47 Å². The van der Waals surface area contributed by atoms with E-state index in [1.54, 1.807) is 25.4 Å². The minimum absolute atomic E-state index is 0.526. The standard InChI is InChI=1S/C16H22N4O3/c1-16(2,3)23-15(21)19-13-9-11(5-6-14(13)22-4)17-10-12-7-8-18-20-12/h5-9,17H,10H2,1-4H3,(H,18,20)(H,19,21). The molecule has 2 rings (SSSR count). The van der Waals surface area contributed by atoms with Crippen LogP contribution in [0.15, 0.2) is 30.5 Å². The number of methoxy groups -OCH3 is 1. The number of hydrogen-bond acceptors (Lipinski definition) is 5. The Morgan fingerprint density at radius 2 is 2.09 bits per heavy atom. The minimum atomic E-state index is -0.562. The van der Waals surface area contributed by atoms with Gasteiger partial charge in [0.05, 0.1) is 25.0 Å². The Labute approximate surface area is 135 Å². The number of benzene rings is 1. The molecule has 0 spiro atoms. The van der Waals surface area contributed by atoms with Gasteiger partial charge in [-0.1, -0.05) is 0 Å². The van der Waals surface area contributed by atoms with Crippen molar-refractivity contribution in [1.29, 1.82) is 0 Å². The van der Waals surface area contributed by atoms with Gasteiger partial charge in [-0.3, -0.25) is 10.4 Å². The van der Waals surface area contributed by atoms with Gasteiger partial charge in [-0.25, -0.2) is 4.79 Å². The lowest BCUT2D eigenvalue weighted by Crippen LogP contribution is -2.27. The van der Waals surface area contributed by atoms with Gasteiger partial charge in [-0.2, -0.15) is 5.10 Å². The Morgan fingerprint density at radius 1 is 1.30 bits per heavy atom. The van der Waals surface area contributed by atoms with Crippen molar-refractivity contribution in [2.75, 3.05) is 17.7 Å². The third-order valence-corrected chi connectivity index (χ3v) is 2.88.